The number of pyridine rings is 1. The van der Waals surface area contributed by atoms with Crippen molar-refractivity contribution in [2.24, 2.45) is 5.41 Å². The van der Waals surface area contributed by atoms with E-state index >= 15 is 0 Å². The third kappa shape index (κ3) is 4.47. The molecule has 1 aromatic heterocycles. The molecule has 0 saturated carbocycles. The van der Waals surface area contributed by atoms with Crippen LogP contribution < -0.4 is 10.2 Å². The lowest BCUT2D eigenvalue weighted by Crippen LogP contribution is -2.30. The van der Waals surface area contributed by atoms with Crippen LogP contribution in [0, 0.1) is 22.9 Å². The van der Waals surface area contributed by atoms with Crippen LogP contribution in [0.4, 0.5) is 13.2 Å². The Hall–Kier alpha value is -3.33. The Labute approximate surface area is 181 Å². The largest absolute Gasteiger partial charge is 0.489 e. The number of halogens is 3. The van der Waals surface area contributed by atoms with Crippen molar-refractivity contribution in [2.75, 3.05) is 6.61 Å². The molecule has 170 valence electrons. The summed E-state index contributed by atoms with van der Waals surface area (Å²) in [5, 5.41) is 19.4. The smallest absolute Gasteiger partial charge is 0.341 e. The Morgan fingerprint density at radius 1 is 1.12 bits per heavy atom. The van der Waals surface area contributed by atoms with Crippen LogP contribution in [0.3, 0.4) is 0 Å². The normalized spacial score (nSPS) is 12.7. The zero-order chi connectivity index (χ0) is 23.8. The number of fused-ring (bicyclic) bond motifs is 1. The van der Waals surface area contributed by atoms with Crippen LogP contribution in [-0.2, 0) is 6.61 Å². The van der Waals surface area contributed by atoms with Gasteiger partial charge in [0.2, 0.25) is 5.43 Å². The molecule has 0 aliphatic heterocycles. The van der Waals surface area contributed by atoms with Crippen molar-refractivity contribution < 1.29 is 32.9 Å². The van der Waals surface area contributed by atoms with Gasteiger partial charge in [0, 0.05) is 18.3 Å². The summed E-state index contributed by atoms with van der Waals surface area (Å²) in [6, 6.07) is 4.75. The molecule has 32 heavy (non-hydrogen) atoms. The van der Waals surface area contributed by atoms with E-state index in [0.29, 0.717) is 17.6 Å². The van der Waals surface area contributed by atoms with Gasteiger partial charge in [-0.25, -0.2) is 18.0 Å². The zero-order valence-electron chi connectivity index (χ0n) is 17.7. The molecule has 0 radical (unpaired) electrons. The molecule has 6 nitrogen and oxygen atoms in total. The molecule has 0 aliphatic rings. The summed E-state index contributed by atoms with van der Waals surface area (Å²) < 4.78 is 47.7. The number of hydrogen-bond donors (Lipinski definition) is 2. The lowest BCUT2D eigenvalue weighted by Gasteiger charge is -2.32. The highest BCUT2D eigenvalue weighted by atomic mass is 19.1. The number of aliphatic hydroxyl groups excluding tert-OH is 1. The van der Waals surface area contributed by atoms with Gasteiger partial charge in [0.1, 0.15) is 35.4 Å². The van der Waals surface area contributed by atoms with Crippen molar-refractivity contribution in [3.05, 3.63) is 75.3 Å². The maximum atomic E-state index is 13.9. The Balaban J connectivity index is 2.11. The molecule has 1 atom stereocenters. The van der Waals surface area contributed by atoms with E-state index in [1.54, 1.807) is 0 Å². The van der Waals surface area contributed by atoms with E-state index in [9.17, 15) is 33.0 Å². The standard InChI is InChI=1S/C23H22F3NO5/c1-23(2,3)20(10-28)27-9-15(22(30)31)21(29)14-8-13(4-5-19(14)27)32-11-16-17(25)6-12(24)7-18(16)26/h4-9,20,28H,10-11H2,1-3H3,(H,30,31). The SMILES string of the molecule is CC(C)(C)C(CO)n1cc(C(=O)O)c(=O)c2cc(OCc3c(F)cc(F)cc3F)ccc21. The fraction of sp³-hybridized carbons (Fsp3) is 0.304. The monoisotopic (exact) mass is 449 g/mol. The predicted octanol–water partition coefficient (Wildman–Crippen LogP) is 4.28. The number of aromatic carboxylic acids is 1. The summed E-state index contributed by atoms with van der Waals surface area (Å²) in [6.07, 6.45) is 1.20. The molecule has 3 aromatic rings. The first-order valence-corrected chi connectivity index (χ1v) is 9.73. The van der Waals surface area contributed by atoms with Gasteiger partial charge in [-0.15, -0.1) is 0 Å². The summed E-state index contributed by atoms with van der Waals surface area (Å²) >= 11 is 0. The number of aliphatic hydroxyl groups is 1. The molecular formula is C23H22F3NO5. The van der Waals surface area contributed by atoms with E-state index in [4.69, 9.17) is 4.74 Å². The third-order valence-electron chi connectivity index (χ3n) is 5.23. The number of carboxylic acids is 1. The first-order chi connectivity index (χ1) is 14.9. The maximum absolute atomic E-state index is 13.9. The van der Waals surface area contributed by atoms with Crippen LogP contribution in [0.5, 0.6) is 5.75 Å². The Bertz CT molecular complexity index is 1220. The molecule has 0 aliphatic carbocycles. The molecule has 1 unspecified atom stereocenters. The summed E-state index contributed by atoms with van der Waals surface area (Å²) in [4.78, 5) is 24.4. The lowest BCUT2D eigenvalue weighted by atomic mass is 9.86. The maximum Gasteiger partial charge on any atom is 0.341 e. The Morgan fingerprint density at radius 2 is 1.75 bits per heavy atom. The molecule has 0 spiro atoms. The highest BCUT2D eigenvalue weighted by Gasteiger charge is 2.28. The fourth-order valence-electron chi connectivity index (χ4n) is 3.48. The number of carboxylic acid groups (broad SMARTS) is 1. The van der Waals surface area contributed by atoms with Crippen LogP contribution in [0.1, 0.15) is 42.7 Å². The average molecular weight is 449 g/mol. The molecule has 0 amide bonds. The molecular weight excluding hydrogens is 427 g/mol. The van der Waals surface area contributed by atoms with Crippen LogP contribution in [0.2, 0.25) is 0 Å². The van der Waals surface area contributed by atoms with Crippen LogP contribution in [0.15, 0.2) is 41.3 Å². The first-order valence-electron chi connectivity index (χ1n) is 9.73. The van der Waals surface area contributed by atoms with Crippen molar-refractivity contribution >= 4 is 16.9 Å². The van der Waals surface area contributed by atoms with Crippen molar-refractivity contribution in [2.45, 2.75) is 33.4 Å². The number of aromatic nitrogens is 1. The Kier molecular flexibility index (Phi) is 6.32. The van der Waals surface area contributed by atoms with E-state index in [2.05, 4.69) is 0 Å². The van der Waals surface area contributed by atoms with E-state index in [1.807, 2.05) is 20.8 Å². The van der Waals surface area contributed by atoms with Gasteiger partial charge in [-0.1, -0.05) is 20.8 Å². The molecule has 2 aromatic carbocycles. The van der Waals surface area contributed by atoms with Gasteiger partial charge in [0.15, 0.2) is 0 Å². The average Bonchev–Trinajstić information content (AvgIpc) is 2.68. The molecule has 0 bridgehead atoms. The highest BCUT2D eigenvalue weighted by molar-refractivity contribution is 5.93. The number of nitrogens with zero attached hydrogens (tertiary/aromatic N) is 1. The van der Waals surface area contributed by atoms with Gasteiger partial charge >= 0.3 is 5.97 Å². The van der Waals surface area contributed by atoms with Crippen LogP contribution >= 0.6 is 0 Å². The zero-order valence-corrected chi connectivity index (χ0v) is 17.7. The molecule has 0 fully saturated rings. The number of carbonyl (C=O) groups is 1. The molecule has 1 heterocycles. The Morgan fingerprint density at radius 3 is 2.28 bits per heavy atom. The molecule has 0 saturated heterocycles. The van der Waals surface area contributed by atoms with Gasteiger partial charge in [-0.2, -0.15) is 0 Å². The number of hydrogen-bond acceptors (Lipinski definition) is 4. The van der Waals surface area contributed by atoms with Gasteiger partial charge in [0.05, 0.1) is 29.1 Å². The molecule has 9 heteroatoms. The number of ether oxygens (including phenoxy) is 1. The highest BCUT2D eigenvalue weighted by Crippen LogP contribution is 2.33. The lowest BCUT2D eigenvalue weighted by molar-refractivity contribution is 0.0692. The predicted molar refractivity (Wildman–Crippen MR) is 111 cm³/mol. The first kappa shape index (κ1) is 23.3. The fourth-order valence-corrected chi connectivity index (χ4v) is 3.48. The van der Waals surface area contributed by atoms with Crippen molar-refractivity contribution in [3.63, 3.8) is 0 Å². The summed E-state index contributed by atoms with van der Waals surface area (Å²) in [6.45, 7) is 4.71. The summed E-state index contributed by atoms with van der Waals surface area (Å²) in [7, 11) is 0. The van der Waals surface area contributed by atoms with Gasteiger partial charge in [0.25, 0.3) is 0 Å². The second kappa shape index (κ2) is 8.66. The number of rotatable bonds is 6. The van der Waals surface area contributed by atoms with E-state index in [1.165, 1.54) is 29.0 Å². The summed E-state index contributed by atoms with van der Waals surface area (Å²) in [5.74, 6) is -4.67. The van der Waals surface area contributed by atoms with Crippen LogP contribution in [0.25, 0.3) is 10.9 Å². The second-order valence-electron chi connectivity index (χ2n) is 8.46. The number of benzene rings is 2. The van der Waals surface area contributed by atoms with Crippen LogP contribution in [-0.4, -0.2) is 27.4 Å². The van der Waals surface area contributed by atoms with Gasteiger partial charge in [-0.05, 0) is 23.6 Å². The minimum absolute atomic E-state index is 0.00477. The summed E-state index contributed by atoms with van der Waals surface area (Å²) in [5.41, 5.74) is -1.86. The van der Waals surface area contributed by atoms with E-state index < -0.39 is 58.0 Å². The third-order valence-corrected chi connectivity index (χ3v) is 5.23. The minimum atomic E-state index is -1.43. The van der Waals surface area contributed by atoms with Crippen molar-refractivity contribution in [1.82, 2.24) is 4.57 Å². The van der Waals surface area contributed by atoms with Crippen molar-refractivity contribution in [1.29, 1.82) is 0 Å². The van der Waals surface area contributed by atoms with Gasteiger partial charge < -0.3 is 19.5 Å². The molecule has 2 N–H and O–H groups in total. The van der Waals surface area contributed by atoms with E-state index in [0.717, 1.165) is 0 Å². The molecule has 3 rings (SSSR count). The quantitative estimate of drug-likeness (QED) is 0.587. The minimum Gasteiger partial charge on any atom is -0.489 e. The van der Waals surface area contributed by atoms with Crippen molar-refractivity contribution in [3.8, 4) is 5.75 Å². The van der Waals surface area contributed by atoms with E-state index in [-0.39, 0.29) is 17.7 Å². The second-order valence-corrected chi connectivity index (χ2v) is 8.46. The van der Waals surface area contributed by atoms with Gasteiger partial charge in [-0.3, -0.25) is 4.79 Å². The topological polar surface area (TPSA) is 88.8 Å².